The van der Waals surface area contributed by atoms with Crippen molar-refractivity contribution in [3.8, 4) is 0 Å². The van der Waals surface area contributed by atoms with Crippen molar-refractivity contribution in [3.05, 3.63) is 35.9 Å². The first kappa shape index (κ1) is 15.4. The van der Waals surface area contributed by atoms with Crippen molar-refractivity contribution in [2.75, 3.05) is 33.4 Å². The number of benzene rings is 1. The van der Waals surface area contributed by atoms with Gasteiger partial charge in [-0.1, -0.05) is 30.3 Å². The van der Waals surface area contributed by atoms with Crippen LogP contribution in [0.3, 0.4) is 0 Å². The standard InChI is InChI=1S/C16H26N2O2/c1-20-13-16(8-10-19)17-15-7-9-18(12-15)11-14-5-3-2-4-6-14/h2-6,15-17,19H,7-13H2,1H3. The van der Waals surface area contributed by atoms with E-state index in [1.54, 1.807) is 7.11 Å². The molecule has 0 aromatic heterocycles. The summed E-state index contributed by atoms with van der Waals surface area (Å²) in [7, 11) is 1.71. The van der Waals surface area contributed by atoms with Crippen LogP contribution in [0.2, 0.25) is 0 Å². The second kappa shape index (κ2) is 8.37. The fraction of sp³-hybridized carbons (Fsp3) is 0.625. The topological polar surface area (TPSA) is 44.7 Å². The second-order valence-electron chi connectivity index (χ2n) is 5.54. The van der Waals surface area contributed by atoms with Crippen LogP contribution in [-0.4, -0.2) is 55.5 Å². The summed E-state index contributed by atoms with van der Waals surface area (Å²) in [6, 6.07) is 11.4. The summed E-state index contributed by atoms with van der Waals surface area (Å²) in [4.78, 5) is 2.48. The van der Waals surface area contributed by atoms with Gasteiger partial charge in [0, 0.05) is 45.4 Å². The maximum absolute atomic E-state index is 9.08. The zero-order valence-corrected chi connectivity index (χ0v) is 12.3. The van der Waals surface area contributed by atoms with E-state index in [2.05, 4.69) is 40.5 Å². The third-order valence-electron chi connectivity index (χ3n) is 3.84. The highest BCUT2D eigenvalue weighted by atomic mass is 16.5. The van der Waals surface area contributed by atoms with E-state index >= 15 is 0 Å². The van der Waals surface area contributed by atoms with Gasteiger partial charge in [-0.15, -0.1) is 0 Å². The molecule has 1 saturated heterocycles. The van der Waals surface area contributed by atoms with Gasteiger partial charge in [-0.25, -0.2) is 0 Å². The quantitative estimate of drug-likeness (QED) is 0.751. The Labute approximate surface area is 121 Å². The maximum atomic E-state index is 9.08. The summed E-state index contributed by atoms with van der Waals surface area (Å²) in [6.07, 6.45) is 1.92. The van der Waals surface area contributed by atoms with E-state index < -0.39 is 0 Å². The third kappa shape index (κ3) is 4.87. The van der Waals surface area contributed by atoms with Crippen LogP contribution in [0, 0.1) is 0 Å². The van der Waals surface area contributed by atoms with E-state index in [9.17, 15) is 0 Å². The van der Waals surface area contributed by atoms with Crippen LogP contribution in [0.4, 0.5) is 0 Å². The molecular formula is C16H26N2O2. The SMILES string of the molecule is COCC(CCO)NC1CCN(Cc2ccccc2)C1. The molecule has 20 heavy (non-hydrogen) atoms. The minimum absolute atomic E-state index is 0.210. The predicted octanol–water partition coefficient (Wildman–Crippen LogP) is 1.25. The number of aliphatic hydroxyl groups excluding tert-OH is 1. The lowest BCUT2D eigenvalue weighted by molar-refractivity contribution is 0.142. The number of hydrogen-bond acceptors (Lipinski definition) is 4. The lowest BCUT2D eigenvalue weighted by atomic mass is 10.1. The molecule has 1 aromatic carbocycles. The first-order chi connectivity index (χ1) is 9.81. The molecule has 0 saturated carbocycles. The molecule has 112 valence electrons. The van der Waals surface area contributed by atoms with Crippen molar-refractivity contribution in [2.45, 2.75) is 31.5 Å². The second-order valence-corrected chi connectivity index (χ2v) is 5.54. The van der Waals surface area contributed by atoms with Crippen molar-refractivity contribution in [2.24, 2.45) is 0 Å². The molecule has 0 amide bonds. The zero-order valence-electron chi connectivity index (χ0n) is 12.3. The van der Waals surface area contributed by atoms with Crippen LogP contribution >= 0.6 is 0 Å². The first-order valence-corrected chi connectivity index (χ1v) is 7.44. The Morgan fingerprint density at radius 3 is 2.90 bits per heavy atom. The number of nitrogens with one attached hydrogen (secondary N) is 1. The third-order valence-corrected chi connectivity index (χ3v) is 3.84. The molecule has 4 heteroatoms. The van der Waals surface area contributed by atoms with E-state index in [1.165, 1.54) is 12.0 Å². The molecule has 0 spiro atoms. The van der Waals surface area contributed by atoms with Crippen LogP contribution in [0.25, 0.3) is 0 Å². The van der Waals surface area contributed by atoms with E-state index in [0.717, 1.165) is 26.1 Å². The van der Waals surface area contributed by atoms with E-state index in [0.29, 0.717) is 12.6 Å². The molecule has 0 bridgehead atoms. The summed E-state index contributed by atoms with van der Waals surface area (Å²) in [5.74, 6) is 0. The molecular weight excluding hydrogens is 252 g/mol. The van der Waals surface area contributed by atoms with Gasteiger partial charge in [0.2, 0.25) is 0 Å². The van der Waals surface area contributed by atoms with Crippen LogP contribution in [0.5, 0.6) is 0 Å². The monoisotopic (exact) mass is 278 g/mol. The van der Waals surface area contributed by atoms with Gasteiger partial charge in [0.25, 0.3) is 0 Å². The van der Waals surface area contributed by atoms with Crippen LogP contribution in [0.1, 0.15) is 18.4 Å². The molecule has 0 aliphatic carbocycles. The average Bonchev–Trinajstić information content (AvgIpc) is 2.88. The Morgan fingerprint density at radius 1 is 1.40 bits per heavy atom. The molecule has 2 unspecified atom stereocenters. The number of nitrogens with zero attached hydrogens (tertiary/aromatic N) is 1. The number of rotatable bonds is 8. The Balaban J connectivity index is 1.76. The molecule has 1 fully saturated rings. The van der Waals surface area contributed by atoms with Gasteiger partial charge in [0.1, 0.15) is 0 Å². The van der Waals surface area contributed by atoms with Crippen molar-refractivity contribution in [1.29, 1.82) is 0 Å². The van der Waals surface area contributed by atoms with Gasteiger partial charge in [-0.05, 0) is 18.4 Å². The Morgan fingerprint density at radius 2 is 2.20 bits per heavy atom. The summed E-state index contributed by atoms with van der Waals surface area (Å²) in [5.41, 5.74) is 1.37. The zero-order chi connectivity index (χ0) is 14.2. The highest BCUT2D eigenvalue weighted by Gasteiger charge is 2.24. The number of aliphatic hydroxyl groups is 1. The molecule has 1 aliphatic rings. The molecule has 4 nitrogen and oxygen atoms in total. The van der Waals surface area contributed by atoms with Crippen molar-refractivity contribution in [3.63, 3.8) is 0 Å². The van der Waals surface area contributed by atoms with Crippen molar-refractivity contribution >= 4 is 0 Å². The average molecular weight is 278 g/mol. The van der Waals surface area contributed by atoms with Gasteiger partial charge in [0.15, 0.2) is 0 Å². The maximum Gasteiger partial charge on any atom is 0.0616 e. The van der Waals surface area contributed by atoms with Gasteiger partial charge >= 0.3 is 0 Å². The lowest BCUT2D eigenvalue weighted by Gasteiger charge is -2.22. The molecule has 1 aliphatic heterocycles. The summed E-state index contributed by atoms with van der Waals surface area (Å²) in [5, 5.41) is 12.7. The summed E-state index contributed by atoms with van der Waals surface area (Å²) < 4.78 is 5.20. The first-order valence-electron chi connectivity index (χ1n) is 7.44. The van der Waals surface area contributed by atoms with E-state index in [4.69, 9.17) is 9.84 Å². The molecule has 1 heterocycles. The molecule has 2 N–H and O–H groups in total. The van der Waals surface area contributed by atoms with Crippen molar-refractivity contribution < 1.29 is 9.84 Å². The van der Waals surface area contributed by atoms with E-state index in [-0.39, 0.29) is 12.6 Å². The fourth-order valence-corrected chi connectivity index (χ4v) is 2.86. The Hall–Kier alpha value is -0.940. The molecule has 1 aromatic rings. The number of hydrogen-bond donors (Lipinski definition) is 2. The molecule has 0 radical (unpaired) electrons. The van der Waals surface area contributed by atoms with Gasteiger partial charge in [0.05, 0.1) is 6.61 Å². The Kier molecular flexibility index (Phi) is 6.47. The highest BCUT2D eigenvalue weighted by Crippen LogP contribution is 2.14. The summed E-state index contributed by atoms with van der Waals surface area (Å²) >= 11 is 0. The normalized spacial score (nSPS) is 21.2. The van der Waals surface area contributed by atoms with E-state index in [1.807, 2.05) is 0 Å². The van der Waals surface area contributed by atoms with Gasteiger partial charge in [-0.2, -0.15) is 0 Å². The number of ether oxygens (including phenoxy) is 1. The summed E-state index contributed by atoms with van der Waals surface area (Å²) in [6.45, 7) is 4.09. The van der Waals surface area contributed by atoms with Gasteiger partial charge < -0.3 is 15.2 Å². The Bertz CT molecular complexity index is 366. The highest BCUT2D eigenvalue weighted by molar-refractivity contribution is 5.14. The molecule has 2 rings (SSSR count). The minimum atomic E-state index is 0.210. The van der Waals surface area contributed by atoms with Crippen LogP contribution in [0.15, 0.2) is 30.3 Å². The predicted molar refractivity (Wildman–Crippen MR) is 80.6 cm³/mol. The van der Waals surface area contributed by atoms with Crippen LogP contribution < -0.4 is 5.32 Å². The minimum Gasteiger partial charge on any atom is -0.396 e. The van der Waals surface area contributed by atoms with Gasteiger partial charge in [-0.3, -0.25) is 4.90 Å². The lowest BCUT2D eigenvalue weighted by Crippen LogP contribution is -2.42. The van der Waals surface area contributed by atoms with Crippen LogP contribution in [-0.2, 0) is 11.3 Å². The number of likely N-dealkylation sites (tertiary alicyclic amines) is 1. The molecule has 2 atom stereocenters. The smallest absolute Gasteiger partial charge is 0.0616 e. The largest absolute Gasteiger partial charge is 0.396 e. The van der Waals surface area contributed by atoms with Crippen molar-refractivity contribution in [1.82, 2.24) is 10.2 Å². The number of methoxy groups -OCH3 is 1. The fourth-order valence-electron chi connectivity index (χ4n) is 2.86.